The van der Waals surface area contributed by atoms with Gasteiger partial charge in [0.25, 0.3) is 5.91 Å². The molecule has 0 aliphatic rings. The van der Waals surface area contributed by atoms with E-state index >= 15 is 0 Å². The van der Waals surface area contributed by atoms with E-state index in [1.165, 1.54) is 17.0 Å². The fraction of sp³-hybridized carbons (Fsp3) is 0.462. The van der Waals surface area contributed by atoms with Gasteiger partial charge in [-0.25, -0.2) is 4.39 Å². The molecule has 0 radical (unpaired) electrons. The predicted octanol–water partition coefficient (Wildman–Crippen LogP) is 1.98. The molecule has 3 nitrogen and oxygen atoms in total. The van der Waals surface area contributed by atoms with Gasteiger partial charge in [0, 0.05) is 19.2 Å². The lowest BCUT2D eigenvalue weighted by atomic mass is 10.1. The summed E-state index contributed by atoms with van der Waals surface area (Å²) in [6.45, 7) is 5.19. The molecule has 1 aromatic rings. The van der Waals surface area contributed by atoms with E-state index in [-0.39, 0.29) is 12.5 Å². The molecule has 4 heteroatoms. The molecule has 0 heterocycles. The maximum atomic E-state index is 13.1. The molecule has 0 saturated carbocycles. The summed E-state index contributed by atoms with van der Waals surface area (Å²) in [5, 5.41) is 9.64. The quantitative estimate of drug-likeness (QED) is 0.876. The molecule has 0 bridgehead atoms. The van der Waals surface area contributed by atoms with Gasteiger partial charge in [0.15, 0.2) is 0 Å². The van der Waals surface area contributed by atoms with Crippen LogP contribution in [0.25, 0.3) is 0 Å². The van der Waals surface area contributed by atoms with Gasteiger partial charge >= 0.3 is 0 Å². The standard InChI is InChI=1S/C13H18FNO2/c1-9-5-6-10(14)7-11(9)12(16)15(4)8-13(2,3)17/h5-7,17H,8H2,1-4H3. The summed E-state index contributed by atoms with van der Waals surface area (Å²) in [7, 11) is 1.59. The number of hydrogen-bond acceptors (Lipinski definition) is 2. The first-order chi connectivity index (χ1) is 7.70. The van der Waals surface area contributed by atoms with Crippen molar-refractivity contribution in [3.8, 4) is 0 Å². The first-order valence-corrected chi connectivity index (χ1v) is 5.45. The molecule has 1 rings (SSSR count). The molecule has 1 N–H and O–H groups in total. The van der Waals surface area contributed by atoms with Crippen molar-refractivity contribution in [1.82, 2.24) is 4.90 Å². The Hall–Kier alpha value is -1.42. The van der Waals surface area contributed by atoms with Crippen molar-refractivity contribution in [1.29, 1.82) is 0 Å². The number of nitrogens with zero attached hydrogens (tertiary/aromatic N) is 1. The summed E-state index contributed by atoms with van der Waals surface area (Å²) in [5.74, 6) is -0.722. The van der Waals surface area contributed by atoms with E-state index in [9.17, 15) is 14.3 Å². The molecule has 1 amide bonds. The summed E-state index contributed by atoms with van der Waals surface area (Å²) in [6, 6.07) is 4.11. The fourth-order valence-corrected chi connectivity index (χ4v) is 1.68. The van der Waals surface area contributed by atoms with Crippen LogP contribution in [0.5, 0.6) is 0 Å². The van der Waals surface area contributed by atoms with Gasteiger partial charge in [0.05, 0.1) is 5.60 Å². The number of aliphatic hydroxyl groups is 1. The third-order valence-corrected chi connectivity index (χ3v) is 2.40. The van der Waals surface area contributed by atoms with Crippen molar-refractivity contribution in [2.75, 3.05) is 13.6 Å². The average molecular weight is 239 g/mol. The second-order valence-electron chi connectivity index (χ2n) is 4.93. The maximum absolute atomic E-state index is 13.1. The smallest absolute Gasteiger partial charge is 0.254 e. The van der Waals surface area contributed by atoms with E-state index in [1.54, 1.807) is 33.9 Å². The van der Waals surface area contributed by atoms with Crippen molar-refractivity contribution < 1.29 is 14.3 Å². The molecule has 0 spiro atoms. The minimum Gasteiger partial charge on any atom is -0.389 e. The first kappa shape index (κ1) is 13.6. The minimum absolute atomic E-state index is 0.196. The van der Waals surface area contributed by atoms with Crippen LogP contribution >= 0.6 is 0 Å². The minimum atomic E-state index is -0.967. The van der Waals surface area contributed by atoms with Crippen molar-refractivity contribution in [3.05, 3.63) is 35.1 Å². The topological polar surface area (TPSA) is 40.5 Å². The Kier molecular flexibility index (Phi) is 3.88. The molecular formula is C13H18FNO2. The number of aryl methyl sites for hydroxylation is 1. The van der Waals surface area contributed by atoms with Crippen LogP contribution < -0.4 is 0 Å². The van der Waals surface area contributed by atoms with Crippen molar-refractivity contribution in [2.24, 2.45) is 0 Å². The lowest BCUT2D eigenvalue weighted by Crippen LogP contribution is -2.39. The van der Waals surface area contributed by atoms with Crippen LogP contribution in [0.15, 0.2) is 18.2 Å². The van der Waals surface area contributed by atoms with Gasteiger partial charge < -0.3 is 10.0 Å². The Morgan fingerprint density at radius 1 is 1.47 bits per heavy atom. The molecule has 0 aliphatic carbocycles. The number of halogens is 1. The Morgan fingerprint density at radius 2 is 2.06 bits per heavy atom. The third-order valence-electron chi connectivity index (χ3n) is 2.40. The van der Waals surface area contributed by atoms with Crippen LogP contribution in [0.3, 0.4) is 0 Å². The predicted molar refractivity (Wildman–Crippen MR) is 64.4 cm³/mol. The van der Waals surface area contributed by atoms with Gasteiger partial charge in [-0.05, 0) is 38.5 Å². The Morgan fingerprint density at radius 3 is 2.59 bits per heavy atom. The summed E-state index contributed by atoms with van der Waals surface area (Å²) in [5.41, 5.74) is 0.0850. The van der Waals surface area contributed by atoms with Gasteiger partial charge in [-0.2, -0.15) is 0 Å². The van der Waals surface area contributed by atoms with Gasteiger partial charge in [-0.1, -0.05) is 6.07 Å². The van der Waals surface area contributed by atoms with Crippen molar-refractivity contribution in [3.63, 3.8) is 0 Å². The number of benzene rings is 1. The van der Waals surface area contributed by atoms with E-state index < -0.39 is 11.4 Å². The molecule has 0 fully saturated rings. The molecule has 0 saturated heterocycles. The highest BCUT2D eigenvalue weighted by molar-refractivity contribution is 5.95. The van der Waals surface area contributed by atoms with Crippen LogP contribution in [0.1, 0.15) is 29.8 Å². The van der Waals surface area contributed by atoms with E-state index in [2.05, 4.69) is 0 Å². The highest BCUT2D eigenvalue weighted by Crippen LogP contribution is 2.14. The second kappa shape index (κ2) is 4.84. The van der Waals surface area contributed by atoms with Gasteiger partial charge in [-0.3, -0.25) is 4.79 Å². The van der Waals surface area contributed by atoms with Crippen LogP contribution in [0.4, 0.5) is 4.39 Å². The lowest BCUT2D eigenvalue weighted by molar-refractivity contribution is 0.0367. The molecular weight excluding hydrogens is 221 g/mol. The third kappa shape index (κ3) is 3.82. The molecule has 0 atom stereocenters. The highest BCUT2D eigenvalue weighted by Gasteiger charge is 2.21. The molecule has 0 unspecified atom stereocenters. The lowest BCUT2D eigenvalue weighted by Gasteiger charge is -2.26. The Labute approximate surface area is 101 Å². The van der Waals surface area contributed by atoms with Crippen LogP contribution in [-0.4, -0.2) is 35.1 Å². The monoisotopic (exact) mass is 239 g/mol. The van der Waals surface area contributed by atoms with Gasteiger partial charge in [-0.15, -0.1) is 0 Å². The fourth-order valence-electron chi connectivity index (χ4n) is 1.68. The normalized spacial score (nSPS) is 11.4. The zero-order valence-electron chi connectivity index (χ0n) is 10.6. The van der Waals surface area contributed by atoms with Gasteiger partial charge in [0.1, 0.15) is 5.82 Å². The number of likely N-dealkylation sites (N-methyl/N-ethyl adjacent to an activating group) is 1. The number of carbonyl (C=O) groups is 1. The number of amides is 1. The molecule has 0 aliphatic heterocycles. The SMILES string of the molecule is Cc1ccc(F)cc1C(=O)N(C)CC(C)(C)O. The van der Waals surface area contributed by atoms with Crippen LogP contribution in [-0.2, 0) is 0 Å². The van der Waals surface area contributed by atoms with E-state index in [0.717, 1.165) is 5.56 Å². The van der Waals surface area contributed by atoms with Gasteiger partial charge in [0.2, 0.25) is 0 Å². The molecule has 17 heavy (non-hydrogen) atoms. The summed E-state index contributed by atoms with van der Waals surface area (Å²) in [4.78, 5) is 13.4. The highest BCUT2D eigenvalue weighted by atomic mass is 19.1. The molecule has 1 aromatic carbocycles. The number of rotatable bonds is 3. The molecule has 94 valence electrons. The second-order valence-corrected chi connectivity index (χ2v) is 4.93. The van der Waals surface area contributed by atoms with E-state index in [1.807, 2.05) is 0 Å². The van der Waals surface area contributed by atoms with Crippen LogP contribution in [0, 0.1) is 12.7 Å². The maximum Gasteiger partial charge on any atom is 0.254 e. The zero-order valence-corrected chi connectivity index (χ0v) is 10.6. The zero-order chi connectivity index (χ0) is 13.2. The number of hydrogen-bond donors (Lipinski definition) is 1. The first-order valence-electron chi connectivity index (χ1n) is 5.45. The average Bonchev–Trinajstić information content (AvgIpc) is 2.18. The van der Waals surface area contributed by atoms with Crippen molar-refractivity contribution >= 4 is 5.91 Å². The largest absolute Gasteiger partial charge is 0.389 e. The summed E-state index contributed by atoms with van der Waals surface area (Å²) >= 11 is 0. The van der Waals surface area contributed by atoms with Crippen molar-refractivity contribution in [2.45, 2.75) is 26.4 Å². The van der Waals surface area contributed by atoms with Crippen LogP contribution in [0.2, 0.25) is 0 Å². The Bertz CT molecular complexity index is 424. The summed E-state index contributed by atoms with van der Waals surface area (Å²) in [6.07, 6.45) is 0. The van der Waals surface area contributed by atoms with E-state index in [0.29, 0.717) is 5.56 Å². The molecule has 0 aromatic heterocycles. The van der Waals surface area contributed by atoms with E-state index in [4.69, 9.17) is 0 Å². The Balaban J connectivity index is 2.93. The summed E-state index contributed by atoms with van der Waals surface area (Å²) < 4.78 is 13.1. The number of carbonyl (C=O) groups excluding carboxylic acids is 1.